The molecule has 2 heterocycles. The fourth-order valence-electron chi connectivity index (χ4n) is 2.41. The van der Waals surface area contributed by atoms with Gasteiger partial charge in [0.1, 0.15) is 12.3 Å². The summed E-state index contributed by atoms with van der Waals surface area (Å²) < 4.78 is 5.44. The van der Waals surface area contributed by atoms with Crippen molar-refractivity contribution in [3.8, 4) is 0 Å². The van der Waals surface area contributed by atoms with Crippen molar-refractivity contribution in [2.24, 2.45) is 5.92 Å². The molecular formula is C15H23ClN2O2. The number of aromatic nitrogens is 1. The predicted molar refractivity (Wildman–Crippen MR) is 81.5 cm³/mol. The number of halogens is 1. The van der Waals surface area contributed by atoms with Crippen molar-refractivity contribution < 1.29 is 9.53 Å². The zero-order valence-electron chi connectivity index (χ0n) is 11.7. The monoisotopic (exact) mass is 298 g/mol. The lowest BCUT2D eigenvalue weighted by Gasteiger charge is -2.22. The fraction of sp³-hybridized carbons (Fsp3) is 0.600. The van der Waals surface area contributed by atoms with Gasteiger partial charge in [0, 0.05) is 12.8 Å². The van der Waals surface area contributed by atoms with Gasteiger partial charge in [-0.1, -0.05) is 6.07 Å². The van der Waals surface area contributed by atoms with Gasteiger partial charge in [-0.3, -0.25) is 9.78 Å². The molecule has 1 aromatic rings. The Morgan fingerprint density at radius 3 is 2.85 bits per heavy atom. The number of rotatable bonds is 7. The molecule has 0 saturated carbocycles. The highest BCUT2D eigenvalue weighted by Gasteiger charge is 2.12. The normalized spacial score (nSPS) is 15.6. The Hall–Kier alpha value is -0.970. The molecule has 112 valence electrons. The van der Waals surface area contributed by atoms with Crippen LogP contribution in [0.3, 0.4) is 0 Å². The molecule has 0 aliphatic carbocycles. The number of carbonyl (C=O) groups excluding carboxylic acids is 1. The summed E-state index contributed by atoms with van der Waals surface area (Å²) in [5.41, 5.74) is 0.487. The summed E-state index contributed by atoms with van der Waals surface area (Å²) in [6, 6.07) is 5.34. The standard InChI is InChI=1S/C15H22N2O2.ClH/c18-15(14-5-1-2-8-17-14)12-19-11-3-4-13-6-9-16-10-7-13;/h1-2,5,8,13,16H,3-4,6-7,9-12H2;1H. The summed E-state index contributed by atoms with van der Waals surface area (Å²) in [6.45, 7) is 3.10. The SMILES string of the molecule is Cl.O=C(COCCCC1CCNCC1)c1ccccn1. The Morgan fingerprint density at radius 1 is 1.35 bits per heavy atom. The molecule has 0 atom stereocenters. The van der Waals surface area contributed by atoms with E-state index in [0.29, 0.717) is 12.3 Å². The second-order valence-electron chi connectivity index (χ2n) is 5.03. The number of piperidine rings is 1. The number of Topliss-reactive ketones (excluding diaryl/α,β-unsaturated/α-hetero) is 1. The smallest absolute Gasteiger partial charge is 0.206 e. The van der Waals surface area contributed by atoms with Gasteiger partial charge in [-0.2, -0.15) is 0 Å². The maximum Gasteiger partial charge on any atom is 0.206 e. The molecule has 1 aromatic heterocycles. The minimum Gasteiger partial charge on any atom is -0.373 e. The average Bonchev–Trinajstić information content (AvgIpc) is 2.49. The van der Waals surface area contributed by atoms with Gasteiger partial charge in [0.2, 0.25) is 5.78 Å². The lowest BCUT2D eigenvalue weighted by molar-refractivity contribution is 0.0740. The van der Waals surface area contributed by atoms with Crippen LogP contribution in [-0.2, 0) is 4.74 Å². The quantitative estimate of drug-likeness (QED) is 0.621. The van der Waals surface area contributed by atoms with Crippen molar-refractivity contribution in [2.45, 2.75) is 25.7 Å². The summed E-state index contributed by atoms with van der Waals surface area (Å²) in [7, 11) is 0. The van der Waals surface area contributed by atoms with Crippen LogP contribution in [-0.4, -0.2) is 37.1 Å². The van der Waals surface area contributed by atoms with Crippen molar-refractivity contribution in [1.29, 1.82) is 0 Å². The highest BCUT2D eigenvalue weighted by Crippen LogP contribution is 2.17. The summed E-state index contributed by atoms with van der Waals surface area (Å²) in [4.78, 5) is 15.7. The third kappa shape index (κ3) is 5.99. The molecule has 0 radical (unpaired) electrons. The fourth-order valence-corrected chi connectivity index (χ4v) is 2.41. The molecule has 0 bridgehead atoms. The Morgan fingerprint density at radius 2 is 2.15 bits per heavy atom. The van der Waals surface area contributed by atoms with E-state index in [2.05, 4.69) is 10.3 Å². The van der Waals surface area contributed by atoms with Gasteiger partial charge in [-0.15, -0.1) is 12.4 Å². The Kier molecular flexibility index (Phi) is 8.42. The molecule has 5 heteroatoms. The predicted octanol–water partition coefficient (Wildman–Crippen LogP) is 2.48. The van der Waals surface area contributed by atoms with Gasteiger partial charge < -0.3 is 10.1 Å². The summed E-state index contributed by atoms with van der Waals surface area (Å²) in [5.74, 6) is 0.791. The minimum absolute atomic E-state index is 0. The highest BCUT2D eigenvalue weighted by atomic mass is 35.5. The zero-order valence-corrected chi connectivity index (χ0v) is 12.5. The van der Waals surface area contributed by atoms with E-state index < -0.39 is 0 Å². The number of nitrogens with one attached hydrogen (secondary N) is 1. The van der Waals surface area contributed by atoms with E-state index in [1.54, 1.807) is 18.3 Å². The number of pyridine rings is 1. The molecule has 4 nitrogen and oxygen atoms in total. The summed E-state index contributed by atoms with van der Waals surface area (Å²) in [5, 5.41) is 3.37. The van der Waals surface area contributed by atoms with Crippen LogP contribution >= 0.6 is 12.4 Å². The zero-order chi connectivity index (χ0) is 13.3. The lowest BCUT2D eigenvalue weighted by atomic mass is 9.93. The van der Waals surface area contributed by atoms with E-state index in [0.717, 1.165) is 25.4 Å². The van der Waals surface area contributed by atoms with E-state index >= 15 is 0 Å². The lowest BCUT2D eigenvalue weighted by Crippen LogP contribution is -2.27. The van der Waals surface area contributed by atoms with E-state index in [1.807, 2.05) is 6.07 Å². The summed E-state index contributed by atoms with van der Waals surface area (Å²) in [6.07, 6.45) is 6.42. The number of carbonyl (C=O) groups is 1. The van der Waals surface area contributed by atoms with E-state index in [1.165, 1.54) is 19.3 Å². The van der Waals surface area contributed by atoms with Crippen molar-refractivity contribution in [1.82, 2.24) is 10.3 Å². The average molecular weight is 299 g/mol. The second-order valence-corrected chi connectivity index (χ2v) is 5.03. The molecule has 2 rings (SSSR count). The summed E-state index contributed by atoms with van der Waals surface area (Å²) >= 11 is 0. The van der Waals surface area contributed by atoms with E-state index in [9.17, 15) is 4.79 Å². The van der Waals surface area contributed by atoms with Crippen LogP contribution in [0.2, 0.25) is 0 Å². The van der Waals surface area contributed by atoms with Crippen LogP contribution < -0.4 is 5.32 Å². The first-order valence-corrected chi connectivity index (χ1v) is 7.09. The Balaban J connectivity index is 0.00000200. The number of ether oxygens (including phenoxy) is 1. The van der Waals surface area contributed by atoms with Crippen LogP contribution in [0.1, 0.15) is 36.2 Å². The Bertz CT molecular complexity index is 381. The molecule has 1 fully saturated rings. The third-order valence-corrected chi connectivity index (χ3v) is 3.54. The van der Waals surface area contributed by atoms with Gasteiger partial charge in [0.15, 0.2) is 0 Å². The second kappa shape index (κ2) is 9.86. The number of hydrogen-bond donors (Lipinski definition) is 1. The van der Waals surface area contributed by atoms with Gasteiger partial charge in [0.05, 0.1) is 0 Å². The van der Waals surface area contributed by atoms with Gasteiger partial charge in [-0.05, 0) is 56.8 Å². The van der Waals surface area contributed by atoms with Gasteiger partial charge in [0.25, 0.3) is 0 Å². The van der Waals surface area contributed by atoms with Gasteiger partial charge >= 0.3 is 0 Å². The van der Waals surface area contributed by atoms with Crippen molar-refractivity contribution in [3.63, 3.8) is 0 Å². The number of hydrogen-bond acceptors (Lipinski definition) is 4. The molecule has 1 N–H and O–H groups in total. The van der Waals surface area contributed by atoms with E-state index in [-0.39, 0.29) is 24.8 Å². The van der Waals surface area contributed by atoms with Crippen molar-refractivity contribution in [2.75, 3.05) is 26.3 Å². The highest BCUT2D eigenvalue weighted by molar-refractivity contribution is 5.95. The topological polar surface area (TPSA) is 51.2 Å². The molecular weight excluding hydrogens is 276 g/mol. The van der Waals surface area contributed by atoms with Crippen LogP contribution in [0.4, 0.5) is 0 Å². The first-order chi connectivity index (χ1) is 9.36. The molecule has 0 spiro atoms. The first kappa shape index (κ1) is 17.1. The largest absolute Gasteiger partial charge is 0.373 e. The molecule has 0 aromatic carbocycles. The van der Waals surface area contributed by atoms with Crippen molar-refractivity contribution >= 4 is 18.2 Å². The van der Waals surface area contributed by atoms with Crippen LogP contribution in [0.15, 0.2) is 24.4 Å². The Labute approximate surface area is 126 Å². The van der Waals surface area contributed by atoms with E-state index in [4.69, 9.17) is 4.74 Å². The maximum absolute atomic E-state index is 11.7. The van der Waals surface area contributed by atoms with Gasteiger partial charge in [-0.25, -0.2) is 0 Å². The molecule has 1 aliphatic rings. The van der Waals surface area contributed by atoms with Crippen LogP contribution in [0, 0.1) is 5.92 Å². The molecule has 20 heavy (non-hydrogen) atoms. The van der Waals surface area contributed by atoms with Crippen molar-refractivity contribution in [3.05, 3.63) is 30.1 Å². The minimum atomic E-state index is -0.0394. The maximum atomic E-state index is 11.7. The van der Waals surface area contributed by atoms with Crippen LogP contribution in [0.25, 0.3) is 0 Å². The van der Waals surface area contributed by atoms with Crippen LogP contribution in [0.5, 0.6) is 0 Å². The molecule has 1 aliphatic heterocycles. The first-order valence-electron chi connectivity index (χ1n) is 7.09. The third-order valence-electron chi connectivity index (χ3n) is 3.54. The number of ketones is 1. The molecule has 0 unspecified atom stereocenters. The molecule has 0 amide bonds. The number of nitrogens with zero attached hydrogens (tertiary/aromatic N) is 1. The molecule has 1 saturated heterocycles.